The van der Waals surface area contributed by atoms with Crippen LogP contribution in [-0.2, 0) is 10.2 Å². The normalized spacial score (nSPS) is 16.6. The van der Waals surface area contributed by atoms with E-state index in [0.717, 1.165) is 36.1 Å². The van der Waals surface area contributed by atoms with Crippen LogP contribution < -0.4 is 5.32 Å². The average molecular weight is 257 g/mol. The maximum Gasteiger partial charge on any atom is 0.256 e. The van der Waals surface area contributed by atoms with Gasteiger partial charge >= 0.3 is 0 Å². The van der Waals surface area contributed by atoms with Crippen LogP contribution in [0.15, 0.2) is 24.3 Å². The van der Waals surface area contributed by atoms with Crippen LogP contribution in [0.5, 0.6) is 0 Å². The number of rotatable bonds is 3. The third-order valence-electron chi connectivity index (χ3n) is 3.57. The van der Waals surface area contributed by atoms with Crippen LogP contribution in [0.2, 0.25) is 0 Å². The van der Waals surface area contributed by atoms with E-state index in [1.54, 1.807) is 0 Å². The van der Waals surface area contributed by atoms with Gasteiger partial charge in [-0.3, -0.25) is 4.79 Å². The topological polar surface area (TPSA) is 29.1 Å². The number of carbonyl (C=O) groups is 1. The molecular weight excluding hydrogens is 234 g/mol. The lowest BCUT2D eigenvalue weighted by Crippen LogP contribution is -2.10. The summed E-state index contributed by atoms with van der Waals surface area (Å²) in [5, 5.41) is 2.95. The van der Waals surface area contributed by atoms with Gasteiger partial charge in [-0.2, -0.15) is 0 Å². The summed E-state index contributed by atoms with van der Waals surface area (Å²) in [5.41, 5.74) is 4.22. The molecule has 1 aromatic carbocycles. The summed E-state index contributed by atoms with van der Waals surface area (Å²) < 4.78 is 0. The van der Waals surface area contributed by atoms with Crippen molar-refractivity contribution in [3.05, 3.63) is 35.4 Å². The Labute approximate surface area is 115 Å². The molecule has 0 aliphatic carbocycles. The molecule has 1 heterocycles. The SMILES string of the molecule is CCCC/C=C1/C(=O)Nc2ccc(C(C)(C)C)cc21. The highest BCUT2D eigenvalue weighted by molar-refractivity contribution is 6.31. The van der Waals surface area contributed by atoms with E-state index in [1.165, 1.54) is 5.56 Å². The molecule has 102 valence electrons. The minimum absolute atomic E-state index is 0.0390. The average Bonchev–Trinajstić information content (AvgIpc) is 2.64. The van der Waals surface area contributed by atoms with E-state index in [0.29, 0.717) is 0 Å². The van der Waals surface area contributed by atoms with Gasteiger partial charge in [-0.25, -0.2) is 0 Å². The number of carbonyl (C=O) groups excluding carboxylic acids is 1. The van der Waals surface area contributed by atoms with E-state index < -0.39 is 0 Å². The maximum atomic E-state index is 12.0. The smallest absolute Gasteiger partial charge is 0.256 e. The minimum Gasteiger partial charge on any atom is -0.321 e. The monoisotopic (exact) mass is 257 g/mol. The van der Waals surface area contributed by atoms with Crippen LogP contribution in [0.1, 0.15) is 58.1 Å². The molecule has 19 heavy (non-hydrogen) atoms. The molecule has 0 spiro atoms. The van der Waals surface area contributed by atoms with Crippen molar-refractivity contribution >= 4 is 17.2 Å². The molecule has 0 bridgehead atoms. The number of benzene rings is 1. The lowest BCUT2D eigenvalue weighted by molar-refractivity contribution is -0.110. The first-order valence-electron chi connectivity index (χ1n) is 7.10. The highest BCUT2D eigenvalue weighted by atomic mass is 16.2. The molecule has 0 saturated heterocycles. The Kier molecular flexibility index (Phi) is 3.79. The lowest BCUT2D eigenvalue weighted by Gasteiger charge is -2.19. The van der Waals surface area contributed by atoms with Crippen LogP contribution in [0.4, 0.5) is 5.69 Å². The predicted molar refractivity (Wildman–Crippen MR) is 81.3 cm³/mol. The van der Waals surface area contributed by atoms with Crippen LogP contribution in [0, 0.1) is 0 Å². The lowest BCUT2D eigenvalue weighted by atomic mass is 9.85. The van der Waals surface area contributed by atoms with Crippen molar-refractivity contribution in [3.8, 4) is 0 Å². The van der Waals surface area contributed by atoms with E-state index >= 15 is 0 Å². The molecular formula is C17H23NO. The Bertz CT molecular complexity index is 521. The second kappa shape index (κ2) is 5.20. The number of hydrogen-bond acceptors (Lipinski definition) is 1. The van der Waals surface area contributed by atoms with E-state index in [-0.39, 0.29) is 11.3 Å². The minimum atomic E-state index is 0.0390. The second-order valence-corrected chi connectivity index (χ2v) is 6.22. The summed E-state index contributed by atoms with van der Waals surface area (Å²) in [4.78, 5) is 12.0. The maximum absolute atomic E-state index is 12.0. The number of unbranched alkanes of at least 4 members (excludes halogenated alkanes) is 2. The van der Waals surface area contributed by atoms with Crippen LogP contribution in [0.25, 0.3) is 5.57 Å². The molecule has 0 radical (unpaired) electrons. The van der Waals surface area contributed by atoms with Crippen molar-refractivity contribution < 1.29 is 4.79 Å². The molecule has 0 saturated carbocycles. The summed E-state index contributed by atoms with van der Waals surface area (Å²) in [6, 6.07) is 6.29. The van der Waals surface area contributed by atoms with E-state index in [1.807, 2.05) is 6.07 Å². The molecule has 2 nitrogen and oxygen atoms in total. The third-order valence-corrected chi connectivity index (χ3v) is 3.57. The number of hydrogen-bond donors (Lipinski definition) is 1. The molecule has 1 aromatic rings. The van der Waals surface area contributed by atoms with Gasteiger partial charge in [0.15, 0.2) is 0 Å². The molecule has 1 aliphatic rings. The largest absolute Gasteiger partial charge is 0.321 e. The van der Waals surface area contributed by atoms with E-state index in [2.05, 4.69) is 51.2 Å². The highest BCUT2D eigenvalue weighted by Crippen LogP contribution is 2.35. The Balaban J connectivity index is 2.38. The fourth-order valence-corrected chi connectivity index (χ4v) is 2.31. The number of amides is 1. The molecule has 1 aliphatic heterocycles. The Morgan fingerprint density at radius 1 is 1.26 bits per heavy atom. The third kappa shape index (κ3) is 2.89. The molecule has 1 N–H and O–H groups in total. The number of allylic oxidation sites excluding steroid dienone is 1. The molecule has 2 heteroatoms. The summed E-state index contributed by atoms with van der Waals surface area (Å²) >= 11 is 0. The number of fused-ring (bicyclic) bond motifs is 1. The van der Waals surface area contributed by atoms with E-state index in [4.69, 9.17) is 0 Å². The van der Waals surface area contributed by atoms with Crippen molar-refractivity contribution in [1.29, 1.82) is 0 Å². The van der Waals surface area contributed by atoms with Gasteiger partial charge in [0.05, 0.1) is 0 Å². The zero-order chi connectivity index (χ0) is 14.0. The van der Waals surface area contributed by atoms with Gasteiger partial charge < -0.3 is 5.32 Å². The van der Waals surface area contributed by atoms with Crippen molar-refractivity contribution in [1.82, 2.24) is 0 Å². The van der Waals surface area contributed by atoms with Crippen LogP contribution in [-0.4, -0.2) is 5.91 Å². The van der Waals surface area contributed by atoms with Gasteiger partial charge in [0.1, 0.15) is 0 Å². The quantitative estimate of drug-likeness (QED) is 0.626. The first kappa shape index (κ1) is 13.9. The Morgan fingerprint density at radius 2 is 2.00 bits per heavy atom. The molecule has 2 rings (SSSR count). The number of nitrogens with one attached hydrogen (secondary N) is 1. The fraction of sp³-hybridized carbons (Fsp3) is 0.471. The molecule has 0 fully saturated rings. The van der Waals surface area contributed by atoms with Crippen LogP contribution >= 0.6 is 0 Å². The standard InChI is InChI=1S/C17H23NO/c1-5-6-7-8-13-14-11-12(17(2,3)4)9-10-15(14)18-16(13)19/h8-11H,5-7H2,1-4H3,(H,18,19)/b13-8+. The second-order valence-electron chi connectivity index (χ2n) is 6.22. The predicted octanol–water partition coefficient (Wildman–Crippen LogP) is 4.51. The summed E-state index contributed by atoms with van der Waals surface area (Å²) in [6.07, 6.45) is 5.33. The van der Waals surface area contributed by atoms with Crippen molar-refractivity contribution in [2.24, 2.45) is 0 Å². The van der Waals surface area contributed by atoms with Crippen molar-refractivity contribution in [2.45, 2.75) is 52.4 Å². The highest BCUT2D eigenvalue weighted by Gasteiger charge is 2.25. The molecule has 0 unspecified atom stereocenters. The van der Waals surface area contributed by atoms with Crippen molar-refractivity contribution in [2.75, 3.05) is 5.32 Å². The van der Waals surface area contributed by atoms with Gasteiger partial charge in [-0.05, 0) is 29.5 Å². The molecule has 1 amide bonds. The fourth-order valence-electron chi connectivity index (χ4n) is 2.31. The van der Waals surface area contributed by atoms with Gasteiger partial charge in [0.25, 0.3) is 5.91 Å². The zero-order valence-electron chi connectivity index (χ0n) is 12.3. The first-order valence-corrected chi connectivity index (χ1v) is 7.10. The van der Waals surface area contributed by atoms with E-state index in [9.17, 15) is 4.79 Å². The van der Waals surface area contributed by atoms with Crippen molar-refractivity contribution in [3.63, 3.8) is 0 Å². The summed E-state index contributed by atoms with van der Waals surface area (Å²) in [7, 11) is 0. The molecule has 0 aromatic heterocycles. The van der Waals surface area contributed by atoms with Gasteiger partial charge in [-0.15, -0.1) is 0 Å². The Hall–Kier alpha value is -1.57. The number of anilines is 1. The van der Waals surface area contributed by atoms with Crippen LogP contribution in [0.3, 0.4) is 0 Å². The Morgan fingerprint density at radius 3 is 2.63 bits per heavy atom. The van der Waals surface area contributed by atoms with Gasteiger partial charge in [0.2, 0.25) is 0 Å². The zero-order valence-corrected chi connectivity index (χ0v) is 12.3. The van der Waals surface area contributed by atoms with Gasteiger partial charge in [0, 0.05) is 16.8 Å². The first-order chi connectivity index (χ1) is 8.93. The summed E-state index contributed by atoms with van der Waals surface area (Å²) in [5.74, 6) is 0.0390. The molecule has 0 atom stereocenters. The van der Waals surface area contributed by atoms with Gasteiger partial charge in [-0.1, -0.05) is 52.7 Å². The summed E-state index contributed by atoms with van der Waals surface area (Å²) in [6.45, 7) is 8.75.